The molecule has 1 saturated carbocycles. The molecule has 10 heteroatoms. The lowest BCUT2D eigenvalue weighted by Crippen LogP contribution is -2.43. The van der Waals surface area contributed by atoms with Crippen molar-refractivity contribution >= 4 is 35.0 Å². The van der Waals surface area contributed by atoms with Gasteiger partial charge in [0.05, 0.1) is 35.3 Å². The third kappa shape index (κ3) is 6.15. The first-order valence-corrected chi connectivity index (χ1v) is 12.9. The summed E-state index contributed by atoms with van der Waals surface area (Å²) in [5.74, 6) is 0.875. The van der Waals surface area contributed by atoms with E-state index < -0.39 is 0 Å². The third-order valence-electron chi connectivity index (χ3n) is 6.02. The van der Waals surface area contributed by atoms with Crippen molar-refractivity contribution in [3.05, 3.63) is 53.1 Å². The number of amides is 1. The number of hydrazone groups is 1. The Kier molecular flexibility index (Phi) is 8.30. The molecule has 2 N–H and O–H groups in total. The summed E-state index contributed by atoms with van der Waals surface area (Å²) >= 11 is 7.45. The van der Waals surface area contributed by atoms with Gasteiger partial charge in [-0.2, -0.15) is 5.10 Å². The molecule has 1 amide bonds. The van der Waals surface area contributed by atoms with Gasteiger partial charge in [-0.05, 0) is 74.7 Å². The number of hydrogen-bond donors (Lipinski definition) is 2. The maximum Gasteiger partial charge on any atom is 0.337 e. The van der Waals surface area contributed by atoms with Gasteiger partial charge in [0.2, 0.25) is 0 Å². The lowest BCUT2D eigenvalue weighted by molar-refractivity contribution is -0.749. The summed E-state index contributed by atoms with van der Waals surface area (Å²) in [5.41, 5.74) is 4.87. The second-order valence-electron chi connectivity index (χ2n) is 8.41. The third-order valence-corrected chi connectivity index (χ3v) is 7.23. The van der Waals surface area contributed by atoms with Gasteiger partial charge in [0.25, 0.3) is 11.7 Å². The molecule has 4 rings (SSSR count). The number of benzene rings is 2. The minimum atomic E-state index is -0.243. The second kappa shape index (κ2) is 11.6. The summed E-state index contributed by atoms with van der Waals surface area (Å²) in [5, 5.41) is 25.1. The highest BCUT2D eigenvalue weighted by Crippen LogP contribution is 2.29. The van der Waals surface area contributed by atoms with Crippen molar-refractivity contribution < 1.29 is 19.2 Å². The molecule has 0 bridgehead atoms. The van der Waals surface area contributed by atoms with Crippen LogP contribution in [0.5, 0.6) is 11.5 Å². The molecule has 0 spiro atoms. The lowest BCUT2D eigenvalue weighted by Gasteiger charge is -2.21. The number of halogens is 1. The fourth-order valence-corrected chi connectivity index (χ4v) is 5.10. The highest BCUT2D eigenvalue weighted by Gasteiger charge is 2.30. The molecule has 0 aliphatic heterocycles. The topological polar surface area (TPSA) is 106 Å². The zero-order valence-corrected chi connectivity index (χ0v) is 21.3. The molecule has 0 unspecified atom stereocenters. The van der Waals surface area contributed by atoms with E-state index in [2.05, 4.69) is 25.3 Å². The fraction of sp³-hybridized carbons (Fsp3) is 0.360. The van der Waals surface area contributed by atoms with Gasteiger partial charge < -0.3 is 9.84 Å². The molecule has 8 nitrogen and oxygen atoms in total. The summed E-state index contributed by atoms with van der Waals surface area (Å²) in [4.78, 5) is 12.6. The van der Waals surface area contributed by atoms with Crippen LogP contribution in [0.25, 0.3) is 11.4 Å². The lowest BCUT2D eigenvalue weighted by atomic mass is 9.95. The van der Waals surface area contributed by atoms with Crippen LogP contribution in [-0.4, -0.2) is 34.7 Å². The van der Waals surface area contributed by atoms with Gasteiger partial charge in [-0.25, -0.2) is 9.99 Å². The molecule has 0 atom stereocenters. The Morgan fingerprint density at radius 1 is 1.26 bits per heavy atom. The van der Waals surface area contributed by atoms with Gasteiger partial charge in [0, 0.05) is 10.6 Å². The molecule has 1 heterocycles. The fourth-order valence-electron chi connectivity index (χ4n) is 4.16. The predicted octanol–water partition coefficient (Wildman–Crippen LogP) is 4.24. The van der Waals surface area contributed by atoms with Crippen LogP contribution in [0, 0.1) is 0 Å². The van der Waals surface area contributed by atoms with E-state index in [1.54, 1.807) is 19.1 Å². The van der Waals surface area contributed by atoms with E-state index in [4.69, 9.17) is 16.3 Å². The number of aromatic nitrogens is 3. The Morgan fingerprint density at radius 3 is 2.71 bits per heavy atom. The summed E-state index contributed by atoms with van der Waals surface area (Å²) in [6.07, 6.45) is 5.77. The SMILES string of the molecule is COc1cc(/C(C)=N\NC(=O)CSc2n[nH]c(-c3ccc(Cl)cc3)[n+]2C2CCCCC2)ccc1[O-]. The molecular weight excluding hydrogens is 486 g/mol. The van der Waals surface area contributed by atoms with Gasteiger partial charge in [-0.3, -0.25) is 4.79 Å². The van der Waals surface area contributed by atoms with Crippen LogP contribution in [0.4, 0.5) is 0 Å². The molecule has 184 valence electrons. The Balaban J connectivity index is 1.46. The minimum absolute atomic E-state index is 0.164. The number of thioether (sulfide) groups is 1. The van der Waals surface area contributed by atoms with Crippen molar-refractivity contribution in [3.63, 3.8) is 0 Å². The monoisotopic (exact) mass is 513 g/mol. The minimum Gasteiger partial charge on any atom is -0.870 e. The quantitative estimate of drug-likeness (QED) is 0.203. The van der Waals surface area contributed by atoms with Crippen molar-refractivity contribution in [2.75, 3.05) is 12.9 Å². The van der Waals surface area contributed by atoms with E-state index in [1.165, 1.54) is 44.2 Å². The van der Waals surface area contributed by atoms with Crippen molar-refractivity contribution in [3.8, 4) is 22.9 Å². The van der Waals surface area contributed by atoms with Crippen LogP contribution < -0.4 is 19.8 Å². The largest absolute Gasteiger partial charge is 0.870 e. The van der Waals surface area contributed by atoms with E-state index in [1.807, 2.05) is 24.3 Å². The Bertz CT molecular complexity index is 1210. The Morgan fingerprint density at radius 2 is 2.00 bits per heavy atom. The summed E-state index contributed by atoms with van der Waals surface area (Å²) in [6.45, 7) is 1.76. The van der Waals surface area contributed by atoms with Gasteiger partial charge in [-0.15, -0.1) is 5.10 Å². The smallest absolute Gasteiger partial charge is 0.337 e. The summed E-state index contributed by atoms with van der Waals surface area (Å²) in [6, 6.07) is 12.7. The summed E-state index contributed by atoms with van der Waals surface area (Å²) < 4.78 is 7.30. The average molecular weight is 514 g/mol. The number of rotatable bonds is 8. The van der Waals surface area contributed by atoms with Gasteiger partial charge in [0.15, 0.2) is 0 Å². The molecule has 1 fully saturated rings. The molecular formula is C25H28ClN5O3S. The molecule has 1 aliphatic rings. The molecule has 2 aromatic carbocycles. The number of ether oxygens (including phenoxy) is 1. The van der Waals surface area contributed by atoms with E-state index in [9.17, 15) is 9.90 Å². The van der Waals surface area contributed by atoms with Crippen molar-refractivity contribution in [1.82, 2.24) is 15.6 Å². The number of nitrogens with zero attached hydrogens (tertiary/aromatic N) is 3. The van der Waals surface area contributed by atoms with E-state index in [-0.39, 0.29) is 23.2 Å². The highest BCUT2D eigenvalue weighted by atomic mass is 35.5. The molecule has 1 aromatic heterocycles. The van der Waals surface area contributed by atoms with Crippen molar-refractivity contribution in [1.29, 1.82) is 0 Å². The molecule has 3 aromatic rings. The molecule has 0 saturated heterocycles. The maximum atomic E-state index is 12.6. The zero-order valence-electron chi connectivity index (χ0n) is 19.7. The van der Waals surface area contributed by atoms with Crippen molar-refractivity contribution in [2.24, 2.45) is 5.10 Å². The average Bonchev–Trinajstić information content (AvgIpc) is 3.31. The van der Waals surface area contributed by atoms with E-state index >= 15 is 0 Å². The van der Waals surface area contributed by atoms with Gasteiger partial charge >= 0.3 is 5.16 Å². The molecule has 0 radical (unpaired) electrons. The number of nitrogens with one attached hydrogen (secondary N) is 2. The van der Waals surface area contributed by atoms with Crippen molar-refractivity contribution in [2.45, 2.75) is 50.2 Å². The predicted molar refractivity (Wildman–Crippen MR) is 135 cm³/mol. The van der Waals surface area contributed by atoms with Crippen LogP contribution in [0.2, 0.25) is 5.02 Å². The number of carbonyl (C=O) groups excluding carboxylic acids is 1. The van der Waals surface area contributed by atoms with Crippen LogP contribution in [0.15, 0.2) is 52.7 Å². The van der Waals surface area contributed by atoms with E-state index in [0.717, 1.165) is 29.4 Å². The van der Waals surface area contributed by atoms with Crippen LogP contribution in [0.1, 0.15) is 50.6 Å². The van der Waals surface area contributed by atoms with Crippen LogP contribution in [0.3, 0.4) is 0 Å². The molecule has 1 aliphatic carbocycles. The number of carbonyl (C=O) groups is 1. The summed E-state index contributed by atoms with van der Waals surface area (Å²) in [7, 11) is 1.44. The number of H-pyrrole nitrogens is 1. The van der Waals surface area contributed by atoms with Gasteiger partial charge in [-0.1, -0.05) is 35.9 Å². The van der Waals surface area contributed by atoms with E-state index in [0.29, 0.717) is 22.3 Å². The number of hydrogen-bond acceptors (Lipinski definition) is 6. The first-order valence-electron chi connectivity index (χ1n) is 11.5. The maximum absolute atomic E-state index is 12.6. The Hall–Kier alpha value is -3.04. The number of methoxy groups -OCH3 is 1. The first-order chi connectivity index (χ1) is 17.0. The molecule has 35 heavy (non-hydrogen) atoms. The van der Waals surface area contributed by atoms with Crippen LogP contribution in [-0.2, 0) is 4.79 Å². The number of aromatic amines is 1. The first kappa shape index (κ1) is 25.1. The standard InChI is InChI=1S/C25H28ClN5O3S/c1-16(18-10-13-21(32)22(14-18)34-2)27-28-23(33)15-35-25-30-29-24(17-8-11-19(26)12-9-17)31(25)20-6-4-3-5-7-20/h8-14,20H,3-7,15H2,1-2H3,(H2,27,28,32,33). The second-order valence-corrected chi connectivity index (χ2v) is 9.79. The zero-order chi connectivity index (χ0) is 24.8. The van der Waals surface area contributed by atoms with Gasteiger partial charge in [0.1, 0.15) is 5.75 Å². The Labute approximate surface area is 213 Å². The normalized spacial score (nSPS) is 14.7. The highest BCUT2D eigenvalue weighted by molar-refractivity contribution is 7.99. The van der Waals surface area contributed by atoms with Crippen LogP contribution >= 0.6 is 23.4 Å².